The lowest BCUT2D eigenvalue weighted by Gasteiger charge is -2.07. The van der Waals surface area contributed by atoms with E-state index in [0.717, 1.165) is 22.3 Å². The van der Waals surface area contributed by atoms with Crippen LogP contribution in [0.15, 0.2) is 49.1 Å². The number of ether oxygens (including phenoxy) is 2. The normalized spacial score (nSPS) is 9.72. The van der Waals surface area contributed by atoms with Gasteiger partial charge in [0.05, 0.1) is 0 Å². The molecule has 0 bridgehead atoms. The summed E-state index contributed by atoms with van der Waals surface area (Å²) in [6, 6.07) is 11.8. The van der Waals surface area contributed by atoms with Crippen molar-refractivity contribution in [1.82, 2.24) is 0 Å². The highest BCUT2D eigenvalue weighted by molar-refractivity contribution is 5.85. The lowest BCUT2D eigenvalue weighted by molar-refractivity contribution is 0.363. The molecule has 0 fully saturated rings. The van der Waals surface area contributed by atoms with E-state index in [4.69, 9.17) is 15.9 Å². The summed E-state index contributed by atoms with van der Waals surface area (Å²) in [7, 11) is 0. The van der Waals surface area contributed by atoms with Crippen molar-refractivity contribution >= 4 is 10.8 Å². The van der Waals surface area contributed by atoms with Crippen molar-refractivity contribution in [3.05, 3.63) is 49.1 Å². The highest BCUT2D eigenvalue weighted by Crippen LogP contribution is 2.25. The van der Waals surface area contributed by atoms with Crippen LogP contribution in [-0.2, 0) is 0 Å². The molecule has 0 aliphatic rings. The Morgan fingerprint density at radius 2 is 1.72 bits per heavy atom. The second kappa shape index (κ2) is 5.79. The lowest BCUT2D eigenvalue weighted by atomic mass is 10.1. The van der Waals surface area contributed by atoms with Crippen molar-refractivity contribution < 1.29 is 9.47 Å². The van der Waals surface area contributed by atoms with E-state index >= 15 is 0 Å². The first-order chi connectivity index (χ1) is 8.83. The van der Waals surface area contributed by atoms with Gasteiger partial charge in [-0.1, -0.05) is 30.7 Å². The molecule has 2 aromatic carbocycles. The van der Waals surface area contributed by atoms with E-state index in [2.05, 4.69) is 12.5 Å². The summed E-state index contributed by atoms with van der Waals surface area (Å²) in [5.74, 6) is 4.03. The van der Waals surface area contributed by atoms with E-state index in [1.807, 2.05) is 36.4 Å². The maximum atomic E-state index is 5.49. The van der Waals surface area contributed by atoms with Crippen LogP contribution < -0.4 is 9.47 Å². The van der Waals surface area contributed by atoms with Crippen LogP contribution in [0.5, 0.6) is 11.5 Å². The van der Waals surface area contributed by atoms with Gasteiger partial charge in [0.25, 0.3) is 0 Å². The molecule has 0 atom stereocenters. The van der Waals surface area contributed by atoms with Crippen LogP contribution in [0, 0.1) is 12.3 Å². The molecule has 0 unspecified atom stereocenters. The van der Waals surface area contributed by atoms with Crippen LogP contribution in [-0.4, -0.2) is 13.2 Å². The highest BCUT2D eigenvalue weighted by atomic mass is 16.5. The summed E-state index contributed by atoms with van der Waals surface area (Å²) in [5, 5.41) is 2.19. The number of fused-ring (bicyclic) bond motifs is 1. The molecule has 0 radical (unpaired) electrons. The Bertz CT molecular complexity index is 594. The summed E-state index contributed by atoms with van der Waals surface area (Å²) in [6.45, 7) is 4.40. The van der Waals surface area contributed by atoms with E-state index in [-0.39, 0.29) is 6.61 Å². The maximum absolute atomic E-state index is 5.49. The third kappa shape index (κ3) is 2.83. The SMILES string of the molecule is C#CCOc1ccc2ccc(OCC=C)cc2c1. The minimum absolute atomic E-state index is 0.276. The van der Waals surface area contributed by atoms with Gasteiger partial charge in [0, 0.05) is 0 Å². The van der Waals surface area contributed by atoms with Gasteiger partial charge in [0.1, 0.15) is 24.7 Å². The lowest BCUT2D eigenvalue weighted by Crippen LogP contribution is -1.94. The van der Waals surface area contributed by atoms with Gasteiger partial charge in [-0.3, -0.25) is 0 Å². The Kier molecular flexibility index (Phi) is 3.88. The first kappa shape index (κ1) is 12.1. The van der Waals surface area contributed by atoms with Crippen molar-refractivity contribution in [2.75, 3.05) is 13.2 Å². The molecule has 0 saturated heterocycles. The Morgan fingerprint density at radius 1 is 1.06 bits per heavy atom. The molecule has 0 heterocycles. The molecule has 0 aromatic heterocycles. The molecular formula is C16H14O2. The second-order valence-electron chi connectivity index (χ2n) is 3.76. The topological polar surface area (TPSA) is 18.5 Å². The van der Waals surface area contributed by atoms with E-state index in [1.54, 1.807) is 6.08 Å². The zero-order chi connectivity index (χ0) is 12.8. The second-order valence-corrected chi connectivity index (χ2v) is 3.76. The van der Waals surface area contributed by atoms with E-state index in [0.29, 0.717) is 6.61 Å². The minimum Gasteiger partial charge on any atom is -0.490 e. The summed E-state index contributed by atoms with van der Waals surface area (Å²) >= 11 is 0. The van der Waals surface area contributed by atoms with Crippen LogP contribution in [0.1, 0.15) is 0 Å². The number of benzene rings is 2. The van der Waals surface area contributed by atoms with Crippen LogP contribution in [0.2, 0.25) is 0 Å². The van der Waals surface area contributed by atoms with Crippen molar-refractivity contribution in [2.45, 2.75) is 0 Å². The quantitative estimate of drug-likeness (QED) is 0.587. The van der Waals surface area contributed by atoms with Gasteiger partial charge in [-0.25, -0.2) is 0 Å². The van der Waals surface area contributed by atoms with Crippen molar-refractivity contribution in [1.29, 1.82) is 0 Å². The van der Waals surface area contributed by atoms with Crippen molar-refractivity contribution in [3.8, 4) is 23.8 Å². The Labute approximate surface area is 107 Å². The third-order valence-corrected chi connectivity index (χ3v) is 2.47. The Hall–Kier alpha value is -2.40. The molecule has 2 nitrogen and oxygen atoms in total. The molecule has 2 rings (SSSR count). The maximum Gasteiger partial charge on any atom is 0.148 e. The minimum atomic E-state index is 0.276. The molecule has 2 heteroatoms. The molecule has 18 heavy (non-hydrogen) atoms. The smallest absolute Gasteiger partial charge is 0.148 e. The number of hydrogen-bond acceptors (Lipinski definition) is 2. The molecule has 2 aromatic rings. The summed E-state index contributed by atoms with van der Waals surface area (Å²) in [4.78, 5) is 0. The zero-order valence-electron chi connectivity index (χ0n) is 10.1. The molecule has 0 saturated carbocycles. The fourth-order valence-electron chi connectivity index (χ4n) is 1.66. The van der Waals surface area contributed by atoms with E-state index in [9.17, 15) is 0 Å². The standard InChI is InChI=1S/C16H14O2/c1-3-9-17-15-7-5-13-6-8-16(18-10-4-2)12-14(13)11-15/h1,4-8,11-12H,2,9-10H2. The average molecular weight is 238 g/mol. The van der Waals surface area contributed by atoms with Crippen molar-refractivity contribution in [3.63, 3.8) is 0 Å². The highest BCUT2D eigenvalue weighted by Gasteiger charge is 1.99. The summed E-state index contributed by atoms with van der Waals surface area (Å²) < 4.78 is 10.9. The van der Waals surface area contributed by atoms with E-state index in [1.165, 1.54) is 0 Å². The molecule has 90 valence electrons. The largest absolute Gasteiger partial charge is 0.490 e. The fraction of sp³-hybridized carbons (Fsp3) is 0.125. The fourth-order valence-corrected chi connectivity index (χ4v) is 1.66. The number of rotatable bonds is 5. The first-order valence-electron chi connectivity index (χ1n) is 5.67. The van der Waals surface area contributed by atoms with Gasteiger partial charge < -0.3 is 9.47 Å². The Balaban J connectivity index is 2.28. The van der Waals surface area contributed by atoms with Gasteiger partial charge >= 0.3 is 0 Å². The predicted molar refractivity (Wildman–Crippen MR) is 74.0 cm³/mol. The van der Waals surface area contributed by atoms with Gasteiger partial charge in [-0.05, 0) is 35.0 Å². The molecule has 0 aliphatic heterocycles. The Morgan fingerprint density at radius 3 is 2.33 bits per heavy atom. The van der Waals surface area contributed by atoms with Crippen LogP contribution in [0.4, 0.5) is 0 Å². The first-order valence-corrected chi connectivity index (χ1v) is 5.67. The predicted octanol–water partition coefficient (Wildman–Crippen LogP) is 3.42. The van der Waals surface area contributed by atoms with Gasteiger partial charge in [0.15, 0.2) is 0 Å². The van der Waals surface area contributed by atoms with Gasteiger partial charge in [-0.15, -0.1) is 6.42 Å². The molecule has 0 N–H and O–H groups in total. The third-order valence-electron chi connectivity index (χ3n) is 2.47. The van der Waals surface area contributed by atoms with Gasteiger partial charge in [-0.2, -0.15) is 0 Å². The van der Waals surface area contributed by atoms with Crippen molar-refractivity contribution in [2.24, 2.45) is 0 Å². The average Bonchev–Trinajstić information content (AvgIpc) is 2.42. The monoisotopic (exact) mass is 238 g/mol. The van der Waals surface area contributed by atoms with Crippen LogP contribution in [0.3, 0.4) is 0 Å². The summed E-state index contributed by atoms with van der Waals surface area (Å²) in [5.41, 5.74) is 0. The van der Waals surface area contributed by atoms with Crippen LogP contribution in [0.25, 0.3) is 10.8 Å². The molecule has 0 aliphatic carbocycles. The van der Waals surface area contributed by atoms with Gasteiger partial charge in [0.2, 0.25) is 0 Å². The number of terminal acetylenes is 1. The summed E-state index contributed by atoms with van der Waals surface area (Å²) in [6.07, 6.45) is 6.88. The molecule has 0 amide bonds. The molecular weight excluding hydrogens is 224 g/mol. The van der Waals surface area contributed by atoms with E-state index < -0.39 is 0 Å². The molecule has 0 spiro atoms. The zero-order valence-corrected chi connectivity index (χ0v) is 10.1. The number of hydrogen-bond donors (Lipinski definition) is 0. The van der Waals surface area contributed by atoms with Crippen LogP contribution >= 0.6 is 0 Å².